The van der Waals surface area contributed by atoms with Gasteiger partial charge in [-0.2, -0.15) is 0 Å². The van der Waals surface area contributed by atoms with Crippen molar-refractivity contribution in [3.63, 3.8) is 0 Å². The van der Waals surface area contributed by atoms with Crippen LogP contribution in [0.1, 0.15) is 23.2 Å². The van der Waals surface area contributed by atoms with Crippen molar-refractivity contribution in [1.29, 1.82) is 0 Å². The van der Waals surface area contributed by atoms with E-state index in [1.54, 1.807) is 12.1 Å². The standard InChI is InChI=1S/C11H15N5O2/c12-16-9-4-3-7(6-14-9)10(17)15-8-2-1-5-13-11(8)18/h3-4,6,8H,1-2,5,12H2,(H,13,18)(H,14,16)(H,15,17). The van der Waals surface area contributed by atoms with Crippen LogP contribution in [0.3, 0.4) is 0 Å². The summed E-state index contributed by atoms with van der Waals surface area (Å²) >= 11 is 0. The SMILES string of the molecule is NNc1ccc(C(=O)NC2CCCNC2=O)cn1. The number of pyridine rings is 1. The van der Waals surface area contributed by atoms with Crippen LogP contribution in [0.4, 0.5) is 5.82 Å². The van der Waals surface area contributed by atoms with Crippen molar-refractivity contribution in [3.05, 3.63) is 23.9 Å². The minimum absolute atomic E-state index is 0.136. The predicted octanol–water partition coefficient (Wildman–Crippen LogP) is -0.624. The average Bonchev–Trinajstić information content (AvgIpc) is 2.41. The number of aromatic nitrogens is 1. The Bertz CT molecular complexity index is 445. The number of nitrogens with two attached hydrogens (primary N) is 1. The van der Waals surface area contributed by atoms with Crippen molar-refractivity contribution in [2.45, 2.75) is 18.9 Å². The van der Waals surface area contributed by atoms with Crippen molar-refractivity contribution in [3.8, 4) is 0 Å². The average molecular weight is 249 g/mol. The molecule has 0 aromatic carbocycles. The van der Waals surface area contributed by atoms with Crippen molar-refractivity contribution in [2.24, 2.45) is 5.84 Å². The van der Waals surface area contributed by atoms with E-state index in [1.165, 1.54) is 6.20 Å². The Morgan fingerprint density at radius 2 is 2.33 bits per heavy atom. The van der Waals surface area contributed by atoms with Gasteiger partial charge in [0.05, 0.1) is 5.56 Å². The second-order valence-corrected chi connectivity index (χ2v) is 4.04. The molecule has 2 rings (SSSR count). The molecule has 0 saturated carbocycles. The van der Waals surface area contributed by atoms with Gasteiger partial charge in [0.1, 0.15) is 11.9 Å². The molecule has 0 spiro atoms. The number of nitrogens with one attached hydrogen (secondary N) is 3. The minimum atomic E-state index is -0.460. The number of amides is 2. The number of nitrogens with zero attached hydrogens (tertiary/aromatic N) is 1. The van der Waals surface area contributed by atoms with Crippen molar-refractivity contribution < 1.29 is 9.59 Å². The van der Waals surface area contributed by atoms with Crippen LogP contribution in [0.25, 0.3) is 0 Å². The summed E-state index contributed by atoms with van der Waals surface area (Å²) in [5, 5.41) is 5.39. The van der Waals surface area contributed by atoms with Gasteiger partial charge in [-0.15, -0.1) is 0 Å². The molecule has 0 aliphatic carbocycles. The second-order valence-electron chi connectivity index (χ2n) is 4.04. The largest absolute Gasteiger partial charge is 0.354 e. The molecule has 0 radical (unpaired) electrons. The predicted molar refractivity (Wildman–Crippen MR) is 65.5 cm³/mol. The maximum absolute atomic E-state index is 11.9. The summed E-state index contributed by atoms with van der Waals surface area (Å²) in [5.41, 5.74) is 2.77. The molecule has 2 amide bonds. The summed E-state index contributed by atoms with van der Waals surface area (Å²) in [6.07, 6.45) is 2.93. The van der Waals surface area contributed by atoms with E-state index >= 15 is 0 Å². The number of carbonyl (C=O) groups excluding carboxylic acids is 2. The van der Waals surface area contributed by atoms with Crippen LogP contribution in [0, 0.1) is 0 Å². The highest BCUT2D eigenvalue weighted by molar-refractivity contribution is 5.97. The third-order valence-electron chi connectivity index (χ3n) is 2.76. The first kappa shape index (κ1) is 12.3. The van der Waals surface area contributed by atoms with E-state index in [0.29, 0.717) is 24.3 Å². The van der Waals surface area contributed by atoms with Crippen molar-refractivity contribution in [1.82, 2.24) is 15.6 Å². The summed E-state index contributed by atoms with van der Waals surface area (Å²) in [5.74, 6) is 5.20. The number of carbonyl (C=O) groups is 2. The van der Waals surface area contributed by atoms with Crippen molar-refractivity contribution in [2.75, 3.05) is 12.0 Å². The fraction of sp³-hybridized carbons (Fsp3) is 0.364. The maximum atomic E-state index is 11.9. The fourth-order valence-corrected chi connectivity index (χ4v) is 1.76. The Labute approximate surface area is 104 Å². The van der Waals surface area contributed by atoms with Crippen LogP contribution in [-0.4, -0.2) is 29.4 Å². The van der Waals surface area contributed by atoms with Gasteiger partial charge in [0.25, 0.3) is 5.91 Å². The fourth-order valence-electron chi connectivity index (χ4n) is 1.76. The van der Waals surface area contributed by atoms with E-state index in [0.717, 1.165) is 6.42 Å². The van der Waals surface area contributed by atoms with Crippen LogP contribution < -0.4 is 21.9 Å². The summed E-state index contributed by atoms with van der Waals surface area (Å²) in [6, 6.07) is 2.73. The van der Waals surface area contributed by atoms with E-state index < -0.39 is 6.04 Å². The molecule has 0 bridgehead atoms. The molecular formula is C11H15N5O2. The highest BCUT2D eigenvalue weighted by Gasteiger charge is 2.23. The van der Waals surface area contributed by atoms with Crippen LogP contribution >= 0.6 is 0 Å². The molecule has 96 valence electrons. The molecule has 1 atom stereocenters. The van der Waals surface area contributed by atoms with Crippen molar-refractivity contribution >= 4 is 17.6 Å². The molecular weight excluding hydrogens is 234 g/mol. The molecule has 1 unspecified atom stereocenters. The van der Waals surface area contributed by atoms with E-state index in [1.807, 2.05) is 0 Å². The topological polar surface area (TPSA) is 109 Å². The van der Waals surface area contributed by atoms with Gasteiger partial charge in [-0.05, 0) is 25.0 Å². The van der Waals surface area contributed by atoms with Gasteiger partial charge in [-0.25, -0.2) is 10.8 Å². The zero-order chi connectivity index (χ0) is 13.0. The number of hydrogen-bond donors (Lipinski definition) is 4. The summed E-state index contributed by atoms with van der Waals surface area (Å²) in [7, 11) is 0. The summed E-state index contributed by atoms with van der Waals surface area (Å²) in [6.45, 7) is 0.670. The molecule has 1 fully saturated rings. The number of hydrazine groups is 1. The zero-order valence-corrected chi connectivity index (χ0v) is 9.77. The highest BCUT2D eigenvalue weighted by Crippen LogP contribution is 2.07. The smallest absolute Gasteiger partial charge is 0.253 e. The minimum Gasteiger partial charge on any atom is -0.354 e. The first-order chi connectivity index (χ1) is 8.70. The third kappa shape index (κ3) is 2.75. The Hall–Kier alpha value is -2.15. The van der Waals surface area contributed by atoms with Gasteiger partial charge in [0, 0.05) is 12.7 Å². The van der Waals surface area contributed by atoms with Crippen LogP contribution in [0.2, 0.25) is 0 Å². The monoisotopic (exact) mass is 249 g/mol. The molecule has 1 aromatic heterocycles. The molecule has 7 nitrogen and oxygen atoms in total. The molecule has 18 heavy (non-hydrogen) atoms. The molecule has 2 heterocycles. The normalized spacial score (nSPS) is 18.9. The number of piperidine rings is 1. The molecule has 7 heteroatoms. The number of nitrogen functional groups attached to an aromatic ring is 1. The number of rotatable bonds is 3. The first-order valence-corrected chi connectivity index (χ1v) is 5.72. The Kier molecular flexibility index (Phi) is 3.73. The van der Waals surface area contributed by atoms with E-state index in [-0.39, 0.29) is 11.8 Å². The third-order valence-corrected chi connectivity index (χ3v) is 2.76. The Morgan fingerprint density at radius 1 is 1.50 bits per heavy atom. The summed E-state index contributed by atoms with van der Waals surface area (Å²) in [4.78, 5) is 27.3. The quantitative estimate of drug-likeness (QED) is 0.421. The summed E-state index contributed by atoms with van der Waals surface area (Å²) < 4.78 is 0. The molecule has 1 aromatic rings. The van der Waals surface area contributed by atoms with Gasteiger partial charge in [-0.1, -0.05) is 0 Å². The van der Waals surface area contributed by atoms with Gasteiger partial charge in [0.15, 0.2) is 0 Å². The molecule has 1 saturated heterocycles. The van der Waals surface area contributed by atoms with Gasteiger partial charge in [0.2, 0.25) is 5.91 Å². The molecule has 5 N–H and O–H groups in total. The van der Waals surface area contributed by atoms with Crippen LogP contribution in [0.15, 0.2) is 18.3 Å². The van der Waals surface area contributed by atoms with E-state index in [2.05, 4.69) is 21.0 Å². The number of hydrogen-bond acceptors (Lipinski definition) is 5. The van der Waals surface area contributed by atoms with Gasteiger partial charge < -0.3 is 16.1 Å². The molecule has 1 aliphatic rings. The maximum Gasteiger partial charge on any atom is 0.253 e. The molecule has 1 aliphatic heterocycles. The lowest BCUT2D eigenvalue weighted by atomic mass is 10.1. The van der Waals surface area contributed by atoms with E-state index in [9.17, 15) is 9.59 Å². The van der Waals surface area contributed by atoms with E-state index in [4.69, 9.17) is 5.84 Å². The van der Waals surface area contributed by atoms with Crippen LogP contribution in [-0.2, 0) is 4.79 Å². The second kappa shape index (κ2) is 5.46. The van der Waals surface area contributed by atoms with Gasteiger partial charge >= 0.3 is 0 Å². The lowest BCUT2D eigenvalue weighted by Gasteiger charge is -2.22. The number of anilines is 1. The Balaban J connectivity index is 2.00. The van der Waals surface area contributed by atoms with Gasteiger partial charge in [-0.3, -0.25) is 9.59 Å². The Morgan fingerprint density at radius 3 is 2.94 bits per heavy atom. The first-order valence-electron chi connectivity index (χ1n) is 5.72. The van der Waals surface area contributed by atoms with Crippen LogP contribution in [0.5, 0.6) is 0 Å². The highest BCUT2D eigenvalue weighted by atomic mass is 16.2. The lowest BCUT2D eigenvalue weighted by molar-refractivity contribution is -0.124. The zero-order valence-electron chi connectivity index (χ0n) is 9.77. The lowest BCUT2D eigenvalue weighted by Crippen LogP contribution is -2.50.